The maximum atomic E-state index is 13.6. The number of hydrogen-bond donors (Lipinski definition) is 1. The van der Waals surface area contributed by atoms with Gasteiger partial charge in [0, 0.05) is 30.1 Å². The van der Waals surface area contributed by atoms with Gasteiger partial charge >= 0.3 is 5.97 Å². The Hall–Kier alpha value is -1.62. The molecule has 108 valence electrons. The number of likely N-dealkylation sites (tertiary alicyclic amines) is 1. The molecule has 1 saturated heterocycles. The zero-order chi connectivity index (χ0) is 14.7. The lowest BCUT2D eigenvalue weighted by molar-refractivity contribution is -0.138. The predicted molar refractivity (Wildman–Crippen MR) is 72.1 cm³/mol. The second kappa shape index (κ2) is 6.22. The number of halogens is 2. The summed E-state index contributed by atoms with van der Waals surface area (Å²) in [5.41, 5.74) is 0.195. The Bertz CT molecular complexity index is 515. The van der Waals surface area contributed by atoms with Crippen molar-refractivity contribution in [2.24, 2.45) is 5.92 Å². The Morgan fingerprint density at radius 2 is 2.20 bits per heavy atom. The van der Waals surface area contributed by atoms with Gasteiger partial charge in [0.15, 0.2) is 0 Å². The van der Waals surface area contributed by atoms with Crippen LogP contribution in [0.4, 0.5) is 4.39 Å². The van der Waals surface area contributed by atoms with Crippen LogP contribution in [0.25, 0.3) is 0 Å². The summed E-state index contributed by atoms with van der Waals surface area (Å²) in [6.07, 6.45) is 0.637. The average molecular weight is 300 g/mol. The zero-order valence-electron chi connectivity index (χ0n) is 10.8. The molecule has 1 aliphatic rings. The molecule has 1 aromatic carbocycles. The fraction of sp³-hybridized carbons (Fsp3) is 0.429. The molecule has 1 atom stereocenters. The number of rotatable bonds is 4. The zero-order valence-corrected chi connectivity index (χ0v) is 11.6. The lowest BCUT2D eigenvalue weighted by Crippen LogP contribution is -2.30. The molecule has 20 heavy (non-hydrogen) atoms. The van der Waals surface area contributed by atoms with Crippen LogP contribution in [0.3, 0.4) is 0 Å². The highest BCUT2D eigenvalue weighted by atomic mass is 35.5. The molecule has 1 aliphatic heterocycles. The van der Waals surface area contributed by atoms with Crippen LogP contribution in [0.15, 0.2) is 18.2 Å². The molecule has 0 radical (unpaired) electrons. The van der Waals surface area contributed by atoms with E-state index >= 15 is 0 Å². The summed E-state index contributed by atoms with van der Waals surface area (Å²) >= 11 is 5.89. The van der Waals surface area contributed by atoms with Gasteiger partial charge in [-0.15, -0.1) is 0 Å². The number of hydrogen-bond acceptors (Lipinski definition) is 2. The number of carbonyl (C=O) groups excluding carboxylic acids is 1. The first-order chi connectivity index (χ1) is 9.47. The molecule has 0 aliphatic carbocycles. The number of aliphatic carboxylic acids is 1. The SMILES string of the molecule is O=C(O)CC1CCN(C(=O)Cc2c(F)cccc2Cl)C1. The minimum atomic E-state index is -0.860. The van der Waals surface area contributed by atoms with Crippen molar-refractivity contribution < 1.29 is 19.1 Å². The highest BCUT2D eigenvalue weighted by molar-refractivity contribution is 6.31. The Labute approximate surface area is 121 Å². The standard InChI is InChI=1S/C14H15ClFNO3/c15-11-2-1-3-12(16)10(11)7-13(18)17-5-4-9(8-17)6-14(19)20/h1-3,9H,4-8H2,(H,19,20). The molecular formula is C14H15ClFNO3. The van der Waals surface area contributed by atoms with Crippen LogP contribution >= 0.6 is 11.6 Å². The van der Waals surface area contributed by atoms with E-state index < -0.39 is 11.8 Å². The van der Waals surface area contributed by atoms with Gasteiger partial charge in [-0.3, -0.25) is 9.59 Å². The second-order valence-electron chi connectivity index (χ2n) is 4.97. The van der Waals surface area contributed by atoms with E-state index in [2.05, 4.69) is 0 Å². The summed E-state index contributed by atoms with van der Waals surface area (Å²) in [6.45, 7) is 0.931. The summed E-state index contributed by atoms with van der Waals surface area (Å²) < 4.78 is 13.6. The number of nitrogens with zero attached hydrogens (tertiary/aromatic N) is 1. The van der Waals surface area contributed by atoms with E-state index in [4.69, 9.17) is 16.7 Å². The van der Waals surface area contributed by atoms with Crippen LogP contribution in [0, 0.1) is 11.7 Å². The van der Waals surface area contributed by atoms with E-state index in [1.807, 2.05) is 0 Å². The minimum absolute atomic E-state index is 0.0208. The van der Waals surface area contributed by atoms with Gasteiger partial charge in [0.1, 0.15) is 5.82 Å². The largest absolute Gasteiger partial charge is 0.481 e. The fourth-order valence-corrected chi connectivity index (χ4v) is 2.67. The molecule has 1 aromatic rings. The van der Waals surface area contributed by atoms with Crippen molar-refractivity contribution >= 4 is 23.5 Å². The van der Waals surface area contributed by atoms with E-state index in [-0.39, 0.29) is 35.3 Å². The van der Waals surface area contributed by atoms with Crippen LogP contribution in [0.2, 0.25) is 5.02 Å². The van der Waals surface area contributed by atoms with Gasteiger partial charge in [-0.2, -0.15) is 0 Å². The number of amides is 1. The molecule has 2 rings (SSSR count). The van der Waals surface area contributed by atoms with Crippen LogP contribution in [-0.4, -0.2) is 35.0 Å². The van der Waals surface area contributed by atoms with Gasteiger partial charge in [0.25, 0.3) is 0 Å². The Morgan fingerprint density at radius 3 is 2.85 bits per heavy atom. The molecule has 6 heteroatoms. The molecule has 0 bridgehead atoms. The molecule has 0 aromatic heterocycles. The Kier molecular flexibility index (Phi) is 4.60. The lowest BCUT2D eigenvalue weighted by Gasteiger charge is -2.17. The molecule has 1 N–H and O–H groups in total. The quantitative estimate of drug-likeness (QED) is 0.928. The van der Waals surface area contributed by atoms with Crippen molar-refractivity contribution in [2.75, 3.05) is 13.1 Å². The van der Waals surface area contributed by atoms with Crippen molar-refractivity contribution in [3.63, 3.8) is 0 Å². The highest BCUT2D eigenvalue weighted by Gasteiger charge is 2.28. The second-order valence-corrected chi connectivity index (χ2v) is 5.38. The van der Waals surface area contributed by atoms with Crippen LogP contribution in [0.5, 0.6) is 0 Å². The molecule has 4 nitrogen and oxygen atoms in total. The van der Waals surface area contributed by atoms with E-state index in [0.717, 1.165) is 0 Å². The van der Waals surface area contributed by atoms with E-state index in [9.17, 15) is 14.0 Å². The van der Waals surface area contributed by atoms with E-state index in [1.165, 1.54) is 12.1 Å². The normalized spacial score (nSPS) is 18.3. The third kappa shape index (κ3) is 3.48. The van der Waals surface area contributed by atoms with Gasteiger partial charge in [0.05, 0.1) is 6.42 Å². The third-order valence-electron chi connectivity index (χ3n) is 3.49. The molecule has 0 spiro atoms. The number of carboxylic acid groups (broad SMARTS) is 1. The summed E-state index contributed by atoms with van der Waals surface area (Å²) in [5.74, 6) is -1.59. The lowest BCUT2D eigenvalue weighted by atomic mass is 10.1. The van der Waals surface area contributed by atoms with Gasteiger partial charge in [-0.1, -0.05) is 17.7 Å². The molecule has 1 heterocycles. The van der Waals surface area contributed by atoms with E-state index in [0.29, 0.717) is 19.5 Å². The third-order valence-corrected chi connectivity index (χ3v) is 3.85. The van der Waals surface area contributed by atoms with Crippen LogP contribution in [-0.2, 0) is 16.0 Å². The molecule has 0 saturated carbocycles. The topological polar surface area (TPSA) is 57.6 Å². The average Bonchev–Trinajstić information content (AvgIpc) is 2.81. The Balaban J connectivity index is 1.98. The summed E-state index contributed by atoms with van der Waals surface area (Å²) in [5, 5.41) is 8.97. The maximum Gasteiger partial charge on any atom is 0.303 e. The summed E-state index contributed by atoms with van der Waals surface area (Å²) in [4.78, 5) is 24.3. The van der Waals surface area contributed by atoms with Crippen molar-refractivity contribution in [1.82, 2.24) is 4.90 Å². The van der Waals surface area contributed by atoms with Gasteiger partial charge in [-0.25, -0.2) is 4.39 Å². The number of benzene rings is 1. The van der Waals surface area contributed by atoms with Gasteiger partial charge in [-0.05, 0) is 24.5 Å². The van der Waals surface area contributed by atoms with Crippen LogP contribution < -0.4 is 0 Å². The molecular weight excluding hydrogens is 285 g/mol. The number of carboxylic acids is 1. The first-order valence-electron chi connectivity index (χ1n) is 6.40. The maximum absolute atomic E-state index is 13.6. The summed E-state index contributed by atoms with van der Waals surface area (Å²) in [6, 6.07) is 4.31. The smallest absolute Gasteiger partial charge is 0.303 e. The summed E-state index contributed by atoms with van der Waals surface area (Å²) in [7, 11) is 0. The van der Waals surface area contributed by atoms with Crippen LogP contribution in [0.1, 0.15) is 18.4 Å². The van der Waals surface area contributed by atoms with Crippen molar-refractivity contribution in [3.8, 4) is 0 Å². The van der Waals surface area contributed by atoms with Crippen molar-refractivity contribution in [3.05, 3.63) is 34.6 Å². The van der Waals surface area contributed by atoms with Crippen molar-refractivity contribution in [1.29, 1.82) is 0 Å². The minimum Gasteiger partial charge on any atom is -0.481 e. The monoisotopic (exact) mass is 299 g/mol. The predicted octanol–water partition coefficient (Wildman–Crippen LogP) is 2.34. The fourth-order valence-electron chi connectivity index (χ4n) is 2.44. The highest BCUT2D eigenvalue weighted by Crippen LogP contribution is 2.23. The first-order valence-corrected chi connectivity index (χ1v) is 6.77. The van der Waals surface area contributed by atoms with Gasteiger partial charge < -0.3 is 10.0 Å². The Morgan fingerprint density at radius 1 is 1.45 bits per heavy atom. The van der Waals surface area contributed by atoms with E-state index in [1.54, 1.807) is 11.0 Å². The molecule has 1 amide bonds. The molecule has 1 unspecified atom stereocenters. The molecule has 1 fully saturated rings. The van der Waals surface area contributed by atoms with Crippen molar-refractivity contribution in [2.45, 2.75) is 19.3 Å². The van der Waals surface area contributed by atoms with Gasteiger partial charge in [0.2, 0.25) is 5.91 Å². The first kappa shape index (κ1) is 14.8. The number of carbonyl (C=O) groups is 2.